The molecule has 0 saturated carbocycles. The second-order valence-corrected chi connectivity index (χ2v) is 5.97. The molecular formula is C18H17BrO2. The molecular weight excluding hydrogens is 328 g/mol. The molecule has 0 unspecified atom stereocenters. The Kier molecular flexibility index (Phi) is 5.45. The lowest BCUT2D eigenvalue weighted by atomic mass is 9.88. The number of ketones is 2. The van der Waals surface area contributed by atoms with Gasteiger partial charge in [-0.05, 0) is 24.5 Å². The van der Waals surface area contributed by atoms with Crippen LogP contribution in [0.15, 0.2) is 59.1 Å². The third-order valence-corrected chi connectivity index (χ3v) is 4.13. The van der Waals surface area contributed by atoms with Crippen molar-refractivity contribution < 1.29 is 9.59 Å². The van der Waals surface area contributed by atoms with Gasteiger partial charge < -0.3 is 4.79 Å². The number of Topliss-reactive ketones (excluding diaryl/α,β-unsaturated/α-hetero) is 2. The van der Waals surface area contributed by atoms with Crippen molar-refractivity contribution >= 4 is 27.5 Å². The molecule has 0 fully saturated rings. The van der Waals surface area contributed by atoms with Gasteiger partial charge in [0.2, 0.25) is 0 Å². The van der Waals surface area contributed by atoms with Crippen molar-refractivity contribution in [3.8, 4) is 0 Å². The molecule has 108 valence electrons. The summed E-state index contributed by atoms with van der Waals surface area (Å²) in [7, 11) is 0. The SMILES string of the molecule is CC(=O)C[C@@H](CC(=O)c1ccccc1)c1ccccc1Br. The molecule has 2 rings (SSSR count). The van der Waals surface area contributed by atoms with Crippen molar-refractivity contribution in [3.05, 3.63) is 70.2 Å². The summed E-state index contributed by atoms with van der Waals surface area (Å²) in [6.45, 7) is 1.57. The average Bonchev–Trinajstić information content (AvgIpc) is 2.47. The molecule has 2 aromatic rings. The number of rotatable bonds is 6. The van der Waals surface area contributed by atoms with Crippen molar-refractivity contribution in [1.82, 2.24) is 0 Å². The molecule has 0 aromatic heterocycles. The van der Waals surface area contributed by atoms with Crippen LogP contribution in [0.3, 0.4) is 0 Å². The molecule has 21 heavy (non-hydrogen) atoms. The number of carbonyl (C=O) groups is 2. The lowest BCUT2D eigenvalue weighted by Crippen LogP contribution is -2.11. The number of hydrogen-bond donors (Lipinski definition) is 0. The van der Waals surface area contributed by atoms with Crippen LogP contribution in [0.5, 0.6) is 0 Å². The highest BCUT2D eigenvalue weighted by Crippen LogP contribution is 2.31. The summed E-state index contributed by atoms with van der Waals surface area (Å²) < 4.78 is 0.942. The molecule has 0 radical (unpaired) electrons. The summed E-state index contributed by atoms with van der Waals surface area (Å²) in [5, 5.41) is 0. The minimum absolute atomic E-state index is 0.0672. The van der Waals surface area contributed by atoms with Crippen molar-refractivity contribution in [2.24, 2.45) is 0 Å². The van der Waals surface area contributed by atoms with Gasteiger partial charge >= 0.3 is 0 Å². The molecule has 1 atom stereocenters. The maximum absolute atomic E-state index is 12.4. The normalized spacial score (nSPS) is 11.9. The zero-order chi connectivity index (χ0) is 15.2. The van der Waals surface area contributed by atoms with Crippen LogP contribution in [-0.4, -0.2) is 11.6 Å². The third kappa shape index (κ3) is 4.36. The molecule has 0 amide bonds. The largest absolute Gasteiger partial charge is 0.300 e. The minimum Gasteiger partial charge on any atom is -0.300 e. The van der Waals surface area contributed by atoms with Crippen LogP contribution in [0, 0.1) is 0 Å². The molecule has 0 aliphatic heterocycles. The lowest BCUT2D eigenvalue weighted by molar-refractivity contribution is -0.117. The molecule has 0 heterocycles. The lowest BCUT2D eigenvalue weighted by Gasteiger charge is -2.17. The molecule has 0 saturated heterocycles. The van der Waals surface area contributed by atoms with Crippen LogP contribution >= 0.6 is 15.9 Å². The summed E-state index contributed by atoms with van der Waals surface area (Å²) in [6, 6.07) is 17.0. The van der Waals surface area contributed by atoms with Gasteiger partial charge in [-0.15, -0.1) is 0 Å². The molecule has 0 N–H and O–H groups in total. The van der Waals surface area contributed by atoms with E-state index in [1.807, 2.05) is 54.6 Å². The standard InChI is InChI=1S/C18H17BrO2/c1-13(20)11-15(16-9-5-6-10-17(16)19)12-18(21)14-7-3-2-4-8-14/h2-10,15H,11-12H2,1H3/t15-/m0/s1. The highest BCUT2D eigenvalue weighted by molar-refractivity contribution is 9.10. The van der Waals surface area contributed by atoms with Crippen LogP contribution in [0.1, 0.15) is 41.6 Å². The van der Waals surface area contributed by atoms with E-state index in [1.54, 1.807) is 6.92 Å². The van der Waals surface area contributed by atoms with Crippen LogP contribution in [0.4, 0.5) is 0 Å². The van der Waals surface area contributed by atoms with E-state index in [4.69, 9.17) is 0 Å². The van der Waals surface area contributed by atoms with Crippen molar-refractivity contribution in [3.63, 3.8) is 0 Å². The Labute approximate surface area is 133 Å². The zero-order valence-corrected chi connectivity index (χ0v) is 13.5. The Bertz CT molecular complexity index is 635. The summed E-state index contributed by atoms with van der Waals surface area (Å²) in [5.41, 5.74) is 1.70. The Morgan fingerprint density at radius 1 is 0.952 bits per heavy atom. The van der Waals surface area contributed by atoms with Gasteiger partial charge in [0.15, 0.2) is 5.78 Å². The van der Waals surface area contributed by atoms with Gasteiger partial charge in [-0.2, -0.15) is 0 Å². The minimum atomic E-state index is -0.0919. The summed E-state index contributed by atoms with van der Waals surface area (Å²) in [4.78, 5) is 23.9. The highest BCUT2D eigenvalue weighted by atomic mass is 79.9. The van der Waals surface area contributed by atoms with E-state index in [0.29, 0.717) is 18.4 Å². The second kappa shape index (κ2) is 7.32. The summed E-state index contributed by atoms with van der Waals surface area (Å²) >= 11 is 3.51. The predicted molar refractivity (Wildman–Crippen MR) is 87.6 cm³/mol. The quantitative estimate of drug-likeness (QED) is 0.706. The maximum atomic E-state index is 12.4. The van der Waals surface area contributed by atoms with E-state index < -0.39 is 0 Å². The Hall–Kier alpha value is -1.74. The van der Waals surface area contributed by atoms with E-state index >= 15 is 0 Å². The van der Waals surface area contributed by atoms with Gasteiger partial charge in [-0.25, -0.2) is 0 Å². The molecule has 2 aromatic carbocycles. The Morgan fingerprint density at radius 3 is 2.19 bits per heavy atom. The zero-order valence-electron chi connectivity index (χ0n) is 11.9. The molecule has 0 aliphatic rings. The van der Waals surface area contributed by atoms with E-state index in [0.717, 1.165) is 10.0 Å². The highest BCUT2D eigenvalue weighted by Gasteiger charge is 2.20. The predicted octanol–water partition coefficient (Wildman–Crippen LogP) is 4.78. The Morgan fingerprint density at radius 2 is 1.57 bits per heavy atom. The van der Waals surface area contributed by atoms with Crippen LogP contribution in [0.2, 0.25) is 0 Å². The van der Waals surface area contributed by atoms with E-state index in [-0.39, 0.29) is 17.5 Å². The number of benzene rings is 2. The molecule has 3 heteroatoms. The fourth-order valence-corrected chi connectivity index (χ4v) is 3.02. The molecule has 0 bridgehead atoms. The van der Waals surface area contributed by atoms with Gasteiger partial charge in [0.1, 0.15) is 5.78 Å². The second-order valence-electron chi connectivity index (χ2n) is 5.12. The first-order chi connectivity index (χ1) is 10.1. The number of carbonyl (C=O) groups excluding carboxylic acids is 2. The molecule has 0 aliphatic carbocycles. The third-order valence-electron chi connectivity index (χ3n) is 3.41. The summed E-state index contributed by atoms with van der Waals surface area (Å²) in [5.74, 6) is 0.0694. The molecule has 2 nitrogen and oxygen atoms in total. The maximum Gasteiger partial charge on any atom is 0.163 e. The first-order valence-electron chi connectivity index (χ1n) is 6.90. The van der Waals surface area contributed by atoms with Gasteiger partial charge in [0.05, 0.1) is 0 Å². The first-order valence-corrected chi connectivity index (χ1v) is 7.69. The Balaban J connectivity index is 2.23. The van der Waals surface area contributed by atoms with Crippen molar-refractivity contribution in [2.75, 3.05) is 0 Å². The number of halogens is 1. The first kappa shape index (κ1) is 15.6. The average molecular weight is 345 g/mol. The van der Waals surface area contributed by atoms with Crippen LogP contribution in [-0.2, 0) is 4.79 Å². The smallest absolute Gasteiger partial charge is 0.163 e. The van der Waals surface area contributed by atoms with Crippen LogP contribution in [0.25, 0.3) is 0 Å². The van der Waals surface area contributed by atoms with E-state index in [1.165, 1.54) is 0 Å². The fourth-order valence-electron chi connectivity index (χ4n) is 2.41. The molecule has 0 spiro atoms. The van der Waals surface area contributed by atoms with Gasteiger partial charge in [0, 0.05) is 22.9 Å². The van der Waals surface area contributed by atoms with Crippen molar-refractivity contribution in [2.45, 2.75) is 25.7 Å². The van der Waals surface area contributed by atoms with Crippen molar-refractivity contribution in [1.29, 1.82) is 0 Å². The number of hydrogen-bond acceptors (Lipinski definition) is 2. The van der Waals surface area contributed by atoms with E-state index in [9.17, 15) is 9.59 Å². The van der Waals surface area contributed by atoms with Gasteiger partial charge in [-0.1, -0.05) is 64.5 Å². The van der Waals surface area contributed by atoms with E-state index in [2.05, 4.69) is 15.9 Å². The van der Waals surface area contributed by atoms with Crippen LogP contribution < -0.4 is 0 Å². The topological polar surface area (TPSA) is 34.1 Å². The summed E-state index contributed by atoms with van der Waals surface area (Å²) in [6.07, 6.45) is 0.716. The van der Waals surface area contributed by atoms with Gasteiger partial charge in [-0.3, -0.25) is 4.79 Å². The van der Waals surface area contributed by atoms with Gasteiger partial charge in [0.25, 0.3) is 0 Å². The monoisotopic (exact) mass is 344 g/mol. The fraction of sp³-hybridized carbons (Fsp3) is 0.222.